The fourth-order valence-electron chi connectivity index (χ4n) is 1.52. The van der Waals surface area contributed by atoms with Gasteiger partial charge in [0.15, 0.2) is 6.29 Å². The van der Waals surface area contributed by atoms with Crippen LogP contribution in [-0.4, -0.2) is 13.2 Å². The van der Waals surface area contributed by atoms with Crippen molar-refractivity contribution in [2.45, 2.75) is 20.1 Å². The van der Waals surface area contributed by atoms with Gasteiger partial charge in [0.2, 0.25) is 0 Å². The topological polar surface area (TPSA) is 18.5 Å². The Morgan fingerprint density at radius 2 is 1.64 bits per heavy atom. The Morgan fingerprint density at radius 1 is 1.07 bits per heavy atom. The van der Waals surface area contributed by atoms with Crippen LogP contribution in [0.5, 0.6) is 0 Å². The molecule has 0 unspecified atom stereocenters. The zero-order valence-corrected chi connectivity index (χ0v) is 8.69. The third kappa shape index (κ3) is 2.14. The lowest BCUT2D eigenvalue weighted by molar-refractivity contribution is -0.202. The van der Waals surface area contributed by atoms with E-state index in [4.69, 9.17) is 9.47 Å². The molecule has 1 aromatic carbocycles. The van der Waals surface area contributed by atoms with E-state index in [0.29, 0.717) is 5.92 Å². The molecule has 0 spiro atoms. The van der Waals surface area contributed by atoms with Gasteiger partial charge in [-0.3, -0.25) is 0 Å². The molecule has 1 saturated heterocycles. The Hall–Kier alpha value is -0.860. The number of aryl methyl sites for hydroxylation is 1. The molecule has 0 aromatic heterocycles. The molecule has 1 aromatic rings. The van der Waals surface area contributed by atoms with Crippen molar-refractivity contribution < 1.29 is 9.47 Å². The predicted molar refractivity (Wildman–Crippen MR) is 55.0 cm³/mol. The van der Waals surface area contributed by atoms with Gasteiger partial charge in [-0.25, -0.2) is 0 Å². The molecule has 0 aliphatic carbocycles. The third-order valence-corrected chi connectivity index (χ3v) is 2.41. The average molecular weight is 192 g/mol. The molecule has 1 heterocycles. The number of hydrogen-bond acceptors (Lipinski definition) is 2. The molecular weight excluding hydrogens is 176 g/mol. The highest BCUT2D eigenvalue weighted by Crippen LogP contribution is 2.24. The fourth-order valence-corrected chi connectivity index (χ4v) is 1.52. The Kier molecular flexibility index (Phi) is 2.85. The predicted octanol–water partition coefficient (Wildman–Crippen LogP) is 2.68. The van der Waals surface area contributed by atoms with Gasteiger partial charge in [0.25, 0.3) is 0 Å². The maximum Gasteiger partial charge on any atom is 0.183 e. The Balaban J connectivity index is 2.05. The minimum atomic E-state index is -0.160. The highest BCUT2D eigenvalue weighted by atomic mass is 16.7. The van der Waals surface area contributed by atoms with Crippen LogP contribution in [0.25, 0.3) is 0 Å². The Bertz CT molecular complexity index is 284. The average Bonchev–Trinajstić information content (AvgIpc) is 2.21. The van der Waals surface area contributed by atoms with Gasteiger partial charge in [-0.05, 0) is 6.92 Å². The smallest absolute Gasteiger partial charge is 0.183 e. The molecule has 2 rings (SSSR count). The summed E-state index contributed by atoms with van der Waals surface area (Å²) in [6, 6.07) is 8.30. The normalized spacial score (nSPS) is 27.6. The first kappa shape index (κ1) is 9.69. The Morgan fingerprint density at radius 3 is 2.21 bits per heavy atom. The minimum Gasteiger partial charge on any atom is -0.348 e. The van der Waals surface area contributed by atoms with E-state index in [-0.39, 0.29) is 6.29 Å². The summed E-state index contributed by atoms with van der Waals surface area (Å²) < 4.78 is 11.2. The molecule has 0 amide bonds. The molecule has 2 heteroatoms. The van der Waals surface area contributed by atoms with E-state index in [1.54, 1.807) is 0 Å². The van der Waals surface area contributed by atoms with Gasteiger partial charge >= 0.3 is 0 Å². The van der Waals surface area contributed by atoms with Crippen LogP contribution in [0.4, 0.5) is 0 Å². The quantitative estimate of drug-likeness (QED) is 0.681. The van der Waals surface area contributed by atoms with Gasteiger partial charge in [-0.15, -0.1) is 0 Å². The van der Waals surface area contributed by atoms with Gasteiger partial charge in [-0.2, -0.15) is 0 Å². The van der Waals surface area contributed by atoms with Crippen LogP contribution in [0.3, 0.4) is 0 Å². The first-order chi connectivity index (χ1) is 6.75. The van der Waals surface area contributed by atoms with Crippen molar-refractivity contribution >= 4 is 0 Å². The molecule has 0 radical (unpaired) electrons. The molecule has 0 atom stereocenters. The SMILES string of the molecule is Cc1ccc(C2OCC(C)CO2)cc1. The molecule has 14 heavy (non-hydrogen) atoms. The molecule has 1 fully saturated rings. The molecule has 0 N–H and O–H groups in total. The van der Waals surface area contributed by atoms with Crippen molar-refractivity contribution in [3.63, 3.8) is 0 Å². The van der Waals surface area contributed by atoms with Crippen LogP contribution >= 0.6 is 0 Å². The molecule has 1 aliphatic rings. The summed E-state index contributed by atoms with van der Waals surface area (Å²) in [6.45, 7) is 5.79. The molecule has 0 bridgehead atoms. The lowest BCUT2D eigenvalue weighted by Crippen LogP contribution is -2.24. The third-order valence-electron chi connectivity index (χ3n) is 2.41. The van der Waals surface area contributed by atoms with E-state index in [2.05, 4.69) is 38.1 Å². The van der Waals surface area contributed by atoms with Gasteiger partial charge in [0.05, 0.1) is 13.2 Å². The van der Waals surface area contributed by atoms with Crippen molar-refractivity contribution in [2.24, 2.45) is 5.92 Å². The van der Waals surface area contributed by atoms with Crippen molar-refractivity contribution in [1.82, 2.24) is 0 Å². The highest BCUT2D eigenvalue weighted by molar-refractivity contribution is 5.22. The summed E-state index contributed by atoms with van der Waals surface area (Å²) in [7, 11) is 0. The van der Waals surface area contributed by atoms with Crippen LogP contribution < -0.4 is 0 Å². The second-order valence-corrected chi connectivity index (χ2v) is 4.01. The zero-order chi connectivity index (χ0) is 9.97. The van der Waals surface area contributed by atoms with E-state index in [9.17, 15) is 0 Å². The van der Waals surface area contributed by atoms with E-state index >= 15 is 0 Å². The van der Waals surface area contributed by atoms with Gasteiger partial charge < -0.3 is 9.47 Å². The summed E-state index contributed by atoms with van der Waals surface area (Å²) in [4.78, 5) is 0. The van der Waals surface area contributed by atoms with Crippen LogP contribution in [0, 0.1) is 12.8 Å². The number of ether oxygens (including phenoxy) is 2. The minimum absolute atomic E-state index is 0.160. The first-order valence-corrected chi connectivity index (χ1v) is 5.05. The lowest BCUT2D eigenvalue weighted by atomic mass is 10.1. The van der Waals surface area contributed by atoms with E-state index in [1.165, 1.54) is 5.56 Å². The maximum absolute atomic E-state index is 5.59. The number of hydrogen-bond donors (Lipinski definition) is 0. The van der Waals surface area contributed by atoms with E-state index in [0.717, 1.165) is 18.8 Å². The van der Waals surface area contributed by atoms with E-state index < -0.39 is 0 Å². The molecule has 0 saturated carbocycles. The summed E-state index contributed by atoms with van der Waals surface area (Å²) in [5.41, 5.74) is 2.38. The molecule has 76 valence electrons. The second-order valence-electron chi connectivity index (χ2n) is 4.01. The fraction of sp³-hybridized carbons (Fsp3) is 0.500. The van der Waals surface area contributed by atoms with Crippen molar-refractivity contribution in [3.8, 4) is 0 Å². The number of rotatable bonds is 1. The summed E-state index contributed by atoms with van der Waals surface area (Å²) in [5, 5.41) is 0. The van der Waals surface area contributed by atoms with Crippen molar-refractivity contribution in [2.75, 3.05) is 13.2 Å². The second kappa shape index (κ2) is 4.11. The largest absolute Gasteiger partial charge is 0.348 e. The van der Waals surface area contributed by atoms with Gasteiger partial charge in [0.1, 0.15) is 0 Å². The van der Waals surface area contributed by atoms with Crippen molar-refractivity contribution in [3.05, 3.63) is 35.4 Å². The van der Waals surface area contributed by atoms with Crippen LogP contribution in [0.15, 0.2) is 24.3 Å². The molecule has 1 aliphatic heterocycles. The first-order valence-electron chi connectivity index (χ1n) is 5.05. The van der Waals surface area contributed by atoms with Crippen LogP contribution in [-0.2, 0) is 9.47 Å². The van der Waals surface area contributed by atoms with Crippen molar-refractivity contribution in [1.29, 1.82) is 0 Å². The monoisotopic (exact) mass is 192 g/mol. The summed E-state index contributed by atoms with van der Waals surface area (Å²) >= 11 is 0. The summed E-state index contributed by atoms with van der Waals surface area (Å²) in [6.07, 6.45) is -0.160. The van der Waals surface area contributed by atoms with Gasteiger partial charge in [0, 0.05) is 11.5 Å². The van der Waals surface area contributed by atoms with E-state index in [1.807, 2.05) is 0 Å². The molecule has 2 nitrogen and oxygen atoms in total. The lowest BCUT2D eigenvalue weighted by Gasteiger charge is -2.27. The Labute approximate surface area is 84.8 Å². The van der Waals surface area contributed by atoms with Gasteiger partial charge in [-0.1, -0.05) is 36.8 Å². The number of benzene rings is 1. The zero-order valence-electron chi connectivity index (χ0n) is 8.69. The van der Waals surface area contributed by atoms with Crippen LogP contribution in [0.2, 0.25) is 0 Å². The molecular formula is C12H16O2. The highest BCUT2D eigenvalue weighted by Gasteiger charge is 2.20. The maximum atomic E-state index is 5.59. The standard InChI is InChI=1S/C12H16O2/c1-9-3-5-11(6-4-9)12-13-7-10(2)8-14-12/h3-6,10,12H,7-8H2,1-2H3. The van der Waals surface area contributed by atoms with Crippen LogP contribution in [0.1, 0.15) is 24.3 Å². The summed E-state index contributed by atoms with van der Waals surface area (Å²) in [5.74, 6) is 0.511.